The van der Waals surface area contributed by atoms with E-state index >= 15 is 0 Å². The minimum Gasteiger partial charge on any atom is -0.496 e. The Kier molecular flexibility index (Phi) is 11.7. The molecule has 4 aromatic rings. The molecule has 2 aromatic carbocycles. The summed E-state index contributed by atoms with van der Waals surface area (Å²) in [6, 6.07) is 9.26. The number of likely N-dealkylation sites (tertiary alicyclic amines) is 3. The predicted molar refractivity (Wildman–Crippen MR) is 232 cm³/mol. The van der Waals surface area contributed by atoms with Crippen LogP contribution in [0.3, 0.4) is 0 Å². The Hall–Kier alpha value is -6.62. The second-order valence-electron chi connectivity index (χ2n) is 17.4. The van der Waals surface area contributed by atoms with Crippen LogP contribution in [-0.4, -0.2) is 131 Å². The number of fused-ring (bicyclic) bond motifs is 2. The van der Waals surface area contributed by atoms with E-state index in [9.17, 15) is 33.6 Å². The molecule has 6 amide bonds. The van der Waals surface area contributed by atoms with Crippen molar-refractivity contribution in [1.29, 1.82) is 0 Å². The fourth-order valence-corrected chi connectivity index (χ4v) is 10.2. The van der Waals surface area contributed by atoms with Gasteiger partial charge in [-0.1, -0.05) is 6.07 Å². The normalized spacial score (nSPS) is 20.0. The molecule has 1 atom stereocenters. The summed E-state index contributed by atoms with van der Waals surface area (Å²) in [5, 5.41) is 3.51. The van der Waals surface area contributed by atoms with E-state index < -0.39 is 29.7 Å². The third-order valence-electron chi connectivity index (χ3n) is 13.8. The Labute approximate surface area is 369 Å². The van der Waals surface area contributed by atoms with Crippen molar-refractivity contribution in [3.05, 3.63) is 82.0 Å². The lowest BCUT2D eigenvalue weighted by Crippen LogP contribution is -2.55. The topological polar surface area (TPSA) is 190 Å². The number of imide groups is 2. The molecule has 5 aliphatic heterocycles. The Morgan fingerprint density at radius 2 is 1.47 bits per heavy atom. The summed E-state index contributed by atoms with van der Waals surface area (Å²) in [6.45, 7) is 4.14. The standard InChI is InChI=1S/C47H51N7O10/c1-50-24-34(31-9-14-48-21-33(31)45(50)59)29-19-38(62-2)35(39(20-29)63-3)25-51-22-30(23-51)44(58)53-17-12-28(13-18-53)27-10-15-52(16-11-27)41(56)26-64-37-6-4-5-32-42(37)47(61)54(46(32)60)36-7-8-40(55)49-43(36)57/h4-6,9,14,19-21,24,27-28,30,36H,7-8,10-13,15-18,22-23,25-26H2,1-3H3,(H,49,55,57). The number of nitrogens with one attached hydrogen (secondary N) is 1. The van der Waals surface area contributed by atoms with Gasteiger partial charge in [-0.05, 0) is 85.2 Å². The number of aryl methyl sites for hydroxylation is 1. The molecule has 334 valence electrons. The van der Waals surface area contributed by atoms with Crippen molar-refractivity contribution in [1.82, 2.24) is 34.5 Å². The van der Waals surface area contributed by atoms with Crippen LogP contribution in [0.15, 0.2) is 59.8 Å². The van der Waals surface area contributed by atoms with Crippen LogP contribution in [-0.2, 0) is 32.8 Å². The number of hydrogen-bond acceptors (Lipinski definition) is 12. The first-order chi connectivity index (χ1) is 30.9. The summed E-state index contributed by atoms with van der Waals surface area (Å²) in [6.07, 6.45) is 8.69. The highest BCUT2D eigenvalue weighted by atomic mass is 16.5. The van der Waals surface area contributed by atoms with Crippen LogP contribution in [0.25, 0.3) is 21.9 Å². The van der Waals surface area contributed by atoms with E-state index in [4.69, 9.17) is 14.2 Å². The first kappa shape index (κ1) is 42.7. The van der Waals surface area contributed by atoms with Crippen LogP contribution in [0.4, 0.5) is 0 Å². The fraction of sp³-hybridized carbons (Fsp3) is 0.447. The van der Waals surface area contributed by atoms with Crippen LogP contribution in [0, 0.1) is 17.8 Å². The number of hydrogen-bond donors (Lipinski definition) is 1. The SMILES string of the molecule is COc1cc(-c2cn(C)c(=O)c3cnccc23)cc(OC)c1CN1CC(C(=O)N2CCC(C3CCN(C(=O)COc4cccc5c4C(=O)N(C4CCC(=O)NC4=O)C5=O)CC3)CC2)C1. The van der Waals surface area contributed by atoms with Crippen LogP contribution in [0.2, 0.25) is 0 Å². The largest absolute Gasteiger partial charge is 0.496 e. The number of rotatable bonds is 11. The number of aromatic nitrogens is 2. The Morgan fingerprint density at radius 1 is 0.797 bits per heavy atom. The lowest BCUT2D eigenvalue weighted by atomic mass is 9.78. The molecule has 64 heavy (non-hydrogen) atoms. The molecule has 4 saturated heterocycles. The smallest absolute Gasteiger partial charge is 0.266 e. The molecule has 2 aromatic heterocycles. The van der Waals surface area contributed by atoms with E-state index in [1.54, 1.807) is 49.2 Å². The molecular weight excluding hydrogens is 823 g/mol. The molecule has 0 saturated carbocycles. The molecular formula is C47H51N7O10. The van der Waals surface area contributed by atoms with E-state index in [1.807, 2.05) is 29.3 Å². The van der Waals surface area contributed by atoms with Crippen molar-refractivity contribution in [2.24, 2.45) is 24.8 Å². The number of carbonyl (C=O) groups is 6. The third kappa shape index (κ3) is 7.86. The van der Waals surface area contributed by atoms with Crippen LogP contribution in [0.5, 0.6) is 17.2 Å². The Morgan fingerprint density at radius 3 is 2.12 bits per heavy atom. The van der Waals surface area contributed by atoms with E-state index in [1.165, 1.54) is 12.1 Å². The fourth-order valence-electron chi connectivity index (χ4n) is 10.2. The molecule has 0 spiro atoms. The van der Waals surface area contributed by atoms with Gasteiger partial charge in [-0.3, -0.25) is 53.7 Å². The molecule has 4 fully saturated rings. The van der Waals surface area contributed by atoms with Gasteiger partial charge in [0.1, 0.15) is 23.3 Å². The number of pyridine rings is 2. The van der Waals surface area contributed by atoms with Gasteiger partial charge in [0.15, 0.2) is 6.61 Å². The Balaban J connectivity index is 0.734. The highest BCUT2D eigenvalue weighted by Gasteiger charge is 2.46. The second kappa shape index (κ2) is 17.5. The molecule has 1 unspecified atom stereocenters. The number of carbonyl (C=O) groups excluding carboxylic acids is 6. The number of nitrogens with zero attached hydrogens (tertiary/aromatic N) is 6. The molecule has 9 rings (SSSR count). The molecule has 7 heterocycles. The molecule has 5 aliphatic rings. The van der Waals surface area contributed by atoms with Gasteiger partial charge in [0, 0.05) is 83.4 Å². The van der Waals surface area contributed by atoms with Gasteiger partial charge in [0.05, 0.1) is 42.2 Å². The zero-order valence-corrected chi connectivity index (χ0v) is 36.2. The molecule has 17 nitrogen and oxygen atoms in total. The summed E-state index contributed by atoms with van der Waals surface area (Å²) in [5.74, 6) is -0.216. The highest BCUT2D eigenvalue weighted by molar-refractivity contribution is 6.24. The maximum absolute atomic E-state index is 13.7. The monoisotopic (exact) mass is 873 g/mol. The van der Waals surface area contributed by atoms with Crippen molar-refractivity contribution < 1.29 is 43.0 Å². The van der Waals surface area contributed by atoms with Crippen molar-refractivity contribution in [2.75, 3.05) is 60.1 Å². The molecule has 0 radical (unpaired) electrons. The summed E-state index contributed by atoms with van der Waals surface area (Å²) >= 11 is 0. The van der Waals surface area contributed by atoms with Crippen molar-refractivity contribution in [3.8, 4) is 28.4 Å². The quantitative estimate of drug-likeness (QED) is 0.217. The first-order valence-electron chi connectivity index (χ1n) is 21.9. The van der Waals surface area contributed by atoms with Crippen molar-refractivity contribution in [2.45, 2.75) is 51.1 Å². The van der Waals surface area contributed by atoms with E-state index in [2.05, 4.69) is 15.2 Å². The van der Waals surface area contributed by atoms with Crippen molar-refractivity contribution in [3.63, 3.8) is 0 Å². The van der Waals surface area contributed by atoms with Crippen LogP contribution < -0.4 is 25.1 Å². The van der Waals surface area contributed by atoms with Crippen LogP contribution in [0.1, 0.15) is 64.8 Å². The zero-order chi connectivity index (χ0) is 44.8. The maximum atomic E-state index is 13.7. The van der Waals surface area contributed by atoms with Gasteiger partial charge in [-0.2, -0.15) is 0 Å². The average Bonchev–Trinajstić information content (AvgIpc) is 3.56. The summed E-state index contributed by atoms with van der Waals surface area (Å²) in [5.41, 5.74) is 2.59. The van der Waals surface area contributed by atoms with E-state index in [-0.39, 0.29) is 59.6 Å². The minimum absolute atomic E-state index is 0.0131. The van der Waals surface area contributed by atoms with E-state index in [0.29, 0.717) is 61.4 Å². The highest BCUT2D eigenvalue weighted by Crippen LogP contribution is 2.40. The molecule has 1 N–H and O–H groups in total. The first-order valence-corrected chi connectivity index (χ1v) is 21.9. The van der Waals surface area contributed by atoms with Gasteiger partial charge < -0.3 is 28.6 Å². The number of piperidine rings is 3. The predicted octanol–water partition coefficient (Wildman–Crippen LogP) is 3.01. The van der Waals surface area contributed by atoms with Crippen molar-refractivity contribution >= 4 is 46.2 Å². The number of benzene rings is 2. The lowest BCUT2D eigenvalue weighted by Gasteiger charge is -2.44. The summed E-state index contributed by atoms with van der Waals surface area (Å²) in [4.78, 5) is 102. The number of ether oxygens (including phenoxy) is 3. The van der Waals surface area contributed by atoms with Gasteiger partial charge in [-0.25, -0.2) is 0 Å². The molecule has 17 heteroatoms. The zero-order valence-electron chi connectivity index (χ0n) is 36.2. The maximum Gasteiger partial charge on any atom is 0.266 e. The number of amides is 6. The van der Waals surface area contributed by atoms with Gasteiger partial charge in [0.2, 0.25) is 17.7 Å². The average molecular weight is 874 g/mol. The van der Waals surface area contributed by atoms with Gasteiger partial charge in [-0.15, -0.1) is 0 Å². The third-order valence-corrected chi connectivity index (χ3v) is 13.8. The van der Waals surface area contributed by atoms with Gasteiger partial charge in [0.25, 0.3) is 23.3 Å². The summed E-state index contributed by atoms with van der Waals surface area (Å²) in [7, 11) is 4.98. The molecule has 0 aliphatic carbocycles. The van der Waals surface area contributed by atoms with Gasteiger partial charge >= 0.3 is 0 Å². The second-order valence-corrected chi connectivity index (χ2v) is 17.4. The van der Waals surface area contributed by atoms with Crippen LogP contribution >= 0.6 is 0 Å². The Bertz CT molecular complexity index is 2600. The van der Waals surface area contributed by atoms with E-state index in [0.717, 1.165) is 65.7 Å². The number of methoxy groups -OCH3 is 2. The minimum atomic E-state index is -1.09. The lowest BCUT2D eigenvalue weighted by molar-refractivity contribution is -0.143. The summed E-state index contributed by atoms with van der Waals surface area (Å²) < 4.78 is 19.2. The molecule has 0 bridgehead atoms.